The summed E-state index contributed by atoms with van der Waals surface area (Å²) in [5, 5.41) is 10.7. The molecular weight excluding hydrogens is 474 g/mol. The number of oxazole rings is 1. The van der Waals surface area contributed by atoms with Crippen LogP contribution in [0.4, 0.5) is 4.39 Å². The molecule has 3 aromatic rings. The van der Waals surface area contributed by atoms with Crippen molar-refractivity contribution in [3.63, 3.8) is 0 Å². The van der Waals surface area contributed by atoms with E-state index >= 15 is 0 Å². The van der Waals surface area contributed by atoms with Crippen LogP contribution in [0.3, 0.4) is 0 Å². The van der Waals surface area contributed by atoms with Crippen LogP contribution in [0.5, 0.6) is 0 Å². The zero-order valence-corrected chi connectivity index (χ0v) is 18.0. The van der Waals surface area contributed by atoms with Gasteiger partial charge in [-0.15, -0.1) is 24.0 Å². The van der Waals surface area contributed by atoms with Gasteiger partial charge in [0.05, 0.1) is 5.69 Å². The number of aryl methyl sites for hydroxylation is 1. The van der Waals surface area contributed by atoms with Gasteiger partial charge < -0.3 is 15.1 Å². The van der Waals surface area contributed by atoms with Crippen LogP contribution in [0.15, 0.2) is 58.4 Å². The molecule has 9 heteroatoms. The summed E-state index contributed by atoms with van der Waals surface area (Å²) in [6, 6.07) is 8.00. The fourth-order valence-corrected chi connectivity index (χ4v) is 2.56. The van der Waals surface area contributed by atoms with E-state index in [1.807, 2.05) is 16.9 Å². The first kappa shape index (κ1) is 21.9. The summed E-state index contributed by atoms with van der Waals surface area (Å²) in [4.78, 5) is 8.65. The molecule has 0 amide bonds. The molecule has 0 aliphatic rings. The summed E-state index contributed by atoms with van der Waals surface area (Å²) in [5.41, 5.74) is 1.58. The minimum Gasteiger partial charge on any atom is -0.444 e. The minimum absolute atomic E-state index is 0. The van der Waals surface area contributed by atoms with Crippen molar-refractivity contribution >= 4 is 29.9 Å². The van der Waals surface area contributed by atoms with Crippen molar-refractivity contribution in [2.75, 3.05) is 20.1 Å². The molecule has 0 saturated carbocycles. The van der Waals surface area contributed by atoms with Gasteiger partial charge in [-0.05, 0) is 36.8 Å². The minimum atomic E-state index is -0.279. The van der Waals surface area contributed by atoms with Crippen LogP contribution >= 0.6 is 24.0 Å². The van der Waals surface area contributed by atoms with Gasteiger partial charge in [-0.3, -0.25) is 9.67 Å². The fraction of sp³-hybridized carbons (Fsp3) is 0.316. The van der Waals surface area contributed by atoms with E-state index in [2.05, 4.69) is 25.7 Å². The molecule has 2 N–H and O–H groups in total. The van der Waals surface area contributed by atoms with Crippen LogP contribution < -0.4 is 10.6 Å². The van der Waals surface area contributed by atoms with E-state index in [9.17, 15) is 4.39 Å². The molecule has 0 saturated heterocycles. The molecular formula is C19H24FIN6O. The number of nitrogens with one attached hydrogen (secondary N) is 2. The van der Waals surface area contributed by atoms with E-state index in [0.717, 1.165) is 36.7 Å². The van der Waals surface area contributed by atoms with Crippen molar-refractivity contribution in [1.82, 2.24) is 25.4 Å². The lowest BCUT2D eigenvalue weighted by Crippen LogP contribution is -2.39. The average molecular weight is 498 g/mol. The number of hydrogen-bond donors (Lipinski definition) is 2. The second kappa shape index (κ2) is 11.4. The lowest BCUT2D eigenvalue weighted by Gasteiger charge is -2.11. The maximum Gasteiger partial charge on any atom is 0.226 e. The first-order chi connectivity index (χ1) is 13.2. The van der Waals surface area contributed by atoms with Gasteiger partial charge >= 0.3 is 0 Å². The molecule has 0 unspecified atom stereocenters. The number of guanidine groups is 1. The van der Waals surface area contributed by atoms with Crippen LogP contribution in [-0.4, -0.2) is 40.9 Å². The smallest absolute Gasteiger partial charge is 0.226 e. The highest BCUT2D eigenvalue weighted by molar-refractivity contribution is 14.0. The summed E-state index contributed by atoms with van der Waals surface area (Å²) < 4.78 is 20.4. The fourth-order valence-electron chi connectivity index (χ4n) is 2.56. The van der Waals surface area contributed by atoms with Crippen molar-refractivity contribution in [2.45, 2.75) is 19.4 Å². The van der Waals surface area contributed by atoms with Gasteiger partial charge in [0, 0.05) is 51.1 Å². The molecule has 0 aliphatic carbocycles. The van der Waals surface area contributed by atoms with E-state index < -0.39 is 0 Å². The molecule has 28 heavy (non-hydrogen) atoms. The van der Waals surface area contributed by atoms with Crippen molar-refractivity contribution < 1.29 is 8.81 Å². The van der Waals surface area contributed by atoms with E-state index in [1.165, 1.54) is 12.1 Å². The number of aromatic nitrogens is 3. The molecule has 0 aliphatic heterocycles. The maximum atomic E-state index is 13.0. The standard InChI is InChI=1S/C19H23FN6O.HI/c1-21-19(22-9-2-12-26-13-3-10-24-26)23-11-8-17-14-27-18(25-17)15-4-6-16(20)7-5-15;/h3-7,10,13-14H,2,8-9,11-12H2,1H3,(H2,21,22,23);1H. The second-order valence-electron chi connectivity index (χ2n) is 5.95. The third-order valence-electron chi connectivity index (χ3n) is 3.96. The van der Waals surface area contributed by atoms with Gasteiger partial charge in [-0.25, -0.2) is 9.37 Å². The molecule has 0 fully saturated rings. The lowest BCUT2D eigenvalue weighted by atomic mass is 10.2. The molecule has 0 radical (unpaired) electrons. The van der Waals surface area contributed by atoms with Gasteiger partial charge in [-0.2, -0.15) is 5.10 Å². The Morgan fingerprint density at radius 3 is 2.71 bits per heavy atom. The van der Waals surface area contributed by atoms with Gasteiger partial charge in [0.1, 0.15) is 12.1 Å². The van der Waals surface area contributed by atoms with E-state index in [-0.39, 0.29) is 29.8 Å². The molecule has 0 atom stereocenters. The van der Waals surface area contributed by atoms with Gasteiger partial charge in [0.2, 0.25) is 5.89 Å². The van der Waals surface area contributed by atoms with Crippen LogP contribution in [0.2, 0.25) is 0 Å². The maximum absolute atomic E-state index is 13.0. The lowest BCUT2D eigenvalue weighted by molar-refractivity contribution is 0.569. The predicted molar refractivity (Wildman–Crippen MR) is 117 cm³/mol. The molecule has 7 nitrogen and oxygen atoms in total. The Balaban J connectivity index is 0.00000280. The SMILES string of the molecule is CN=C(NCCCn1cccn1)NCCc1coc(-c2ccc(F)cc2)n1.I. The van der Waals surface area contributed by atoms with E-state index in [0.29, 0.717) is 18.9 Å². The van der Waals surface area contributed by atoms with Crippen molar-refractivity contribution in [3.05, 3.63) is 60.5 Å². The van der Waals surface area contributed by atoms with E-state index in [4.69, 9.17) is 4.42 Å². The van der Waals surface area contributed by atoms with E-state index in [1.54, 1.807) is 31.6 Å². The van der Waals surface area contributed by atoms with Crippen LogP contribution in [0.1, 0.15) is 12.1 Å². The third kappa shape index (κ3) is 6.63. The number of halogens is 2. The molecule has 2 heterocycles. The Labute approximate surface area is 180 Å². The van der Waals surface area contributed by atoms with Crippen molar-refractivity contribution in [3.8, 4) is 11.5 Å². The van der Waals surface area contributed by atoms with Crippen molar-refractivity contribution in [1.29, 1.82) is 0 Å². The summed E-state index contributed by atoms with van der Waals surface area (Å²) >= 11 is 0. The zero-order chi connectivity index (χ0) is 18.9. The highest BCUT2D eigenvalue weighted by Gasteiger charge is 2.07. The third-order valence-corrected chi connectivity index (χ3v) is 3.96. The number of rotatable bonds is 8. The Morgan fingerprint density at radius 1 is 1.21 bits per heavy atom. The zero-order valence-electron chi connectivity index (χ0n) is 15.6. The van der Waals surface area contributed by atoms with Crippen LogP contribution in [0.25, 0.3) is 11.5 Å². The largest absolute Gasteiger partial charge is 0.444 e. The quantitative estimate of drug-likeness (QED) is 0.216. The summed E-state index contributed by atoms with van der Waals surface area (Å²) in [5.74, 6) is 0.960. The molecule has 0 spiro atoms. The van der Waals surface area contributed by atoms with Crippen LogP contribution in [0, 0.1) is 5.82 Å². The molecule has 1 aromatic carbocycles. The molecule has 0 bridgehead atoms. The Morgan fingerprint density at radius 2 is 2.00 bits per heavy atom. The first-order valence-corrected chi connectivity index (χ1v) is 8.87. The summed E-state index contributed by atoms with van der Waals surface area (Å²) in [6.07, 6.45) is 7.00. The normalized spacial score (nSPS) is 11.1. The van der Waals surface area contributed by atoms with Gasteiger partial charge in [0.25, 0.3) is 0 Å². The topological polar surface area (TPSA) is 80.3 Å². The van der Waals surface area contributed by atoms with Crippen LogP contribution in [-0.2, 0) is 13.0 Å². The highest BCUT2D eigenvalue weighted by Crippen LogP contribution is 2.18. The summed E-state index contributed by atoms with van der Waals surface area (Å²) in [7, 11) is 1.74. The molecule has 3 rings (SSSR count). The number of nitrogens with zero attached hydrogens (tertiary/aromatic N) is 4. The monoisotopic (exact) mass is 498 g/mol. The number of aliphatic imine (C=N–C) groups is 1. The number of hydrogen-bond acceptors (Lipinski definition) is 4. The van der Waals surface area contributed by atoms with Gasteiger partial charge in [0.15, 0.2) is 5.96 Å². The second-order valence-corrected chi connectivity index (χ2v) is 5.95. The van der Waals surface area contributed by atoms with Gasteiger partial charge in [-0.1, -0.05) is 0 Å². The molecule has 2 aromatic heterocycles. The van der Waals surface area contributed by atoms with Crippen molar-refractivity contribution in [2.24, 2.45) is 4.99 Å². The predicted octanol–water partition coefficient (Wildman–Crippen LogP) is 3.09. The first-order valence-electron chi connectivity index (χ1n) is 8.87. The summed E-state index contributed by atoms with van der Waals surface area (Å²) in [6.45, 7) is 2.34. The number of benzene rings is 1. The Hall–Kier alpha value is -2.43. The average Bonchev–Trinajstić information content (AvgIpc) is 3.36. The molecule has 150 valence electrons. The Kier molecular flexibility index (Phi) is 8.92. The highest BCUT2D eigenvalue weighted by atomic mass is 127. The Bertz CT molecular complexity index is 848.